The summed E-state index contributed by atoms with van der Waals surface area (Å²) in [5.41, 5.74) is 1.01. The highest BCUT2D eigenvalue weighted by Crippen LogP contribution is 2.26. The Morgan fingerprint density at radius 3 is 2.70 bits per heavy atom. The van der Waals surface area contributed by atoms with Crippen molar-refractivity contribution in [2.24, 2.45) is 0 Å². The minimum Gasteiger partial charge on any atom is -0.376 e. The fourth-order valence-corrected chi connectivity index (χ4v) is 1.97. The molecule has 0 aliphatic carbocycles. The van der Waals surface area contributed by atoms with Crippen molar-refractivity contribution in [2.75, 3.05) is 31.7 Å². The van der Waals surface area contributed by atoms with E-state index in [0.29, 0.717) is 19.8 Å². The minimum absolute atomic E-state index is 0.0180. The molecule has 1 aliphatic heterocycles. The smallest absolute Gasteiger partial charge is 0.162 e. The van der Waals surface area contributed by atoms with E-state index in [0.717, 1.165) is 30.3 Å². The number of nitrogens with one attached hydrogen (secondary N) is 1. The predicted octanol–water partition coefficient (Wildman–Crippen LogP) is 2.68. The molecule has 0 spiro atoms. The van der Waals surface area contributed by atoms with Gasteiger partial charge in [-0.05, 0) is 6.42 Å². The van der Waals surface area contributed by atoms with Crippen molar-refractivity contribution < 1.29 is 9.47 Å². The van der Waals surface area contributed by atoms with E-state index in [4.69, 9.17) is 9.47 Å². The number of aromatic nitrogens is 2. The molecular weight excluding hydrogens is 254 g/mol. The molecular formula is C15H25N3O2. The van der Waals surface area contributed by atoms with E-state index >= 15 is 0 Å². The predicted molar refractivity (Wildman–Crippen MR) is 79.0 cm³/mol. The number of nitrogens with zero attached hydrogens (tertiary/aromatic N) is 2. The second-order valence-corrected chi connectivity index (χ2v) is 6.11. The fraction of sp³-hybridized carbons (Fsp3) is 0.733. The van der Waals surface area contributed by atoms with Crippen LogP contribution in [0.2, 0.25) is 0 Å². The molecule has 0 saturated carbocycles. The maximum Gasteiger partial charge on any atom is 0.162 e. The largest absolute Gasteiger partial charge is 0.376 e. The second kappa shape index (κ2) is 6.50. The van der Waals surface area contributed by atoms with Gasteiger partial charge in [-0.1, -0.05) is 27.7 Å². The van der Waals surface area contributed by atoms with Gasteiger partial charge >= 0.3 is 0 Å². The van der Waals surface area contributed by atoms with E-state index in [-0.39, 0.29) is 11.5 Å². The zero-order chi connectivity index (χ0) is 14.6. The topological polar surface area (TPSA) is 56.3 Å². The highest BCUT2D eigenvalue weighted by Gasteiger charge is 2.24. The van der Waals surface area contributed by atoms with Crippen molar-refractivity contribution in [2.45, 2.75) is 45.6 Å². The van der Waals surface area contributed by atoms with Gasteiger partial charge in [0, 0.05) is 18.0 Å². The van der Waals surface area contributed by atoms with Crippen molar-refractivity contribution in [3.05, 3.63) is 17.6 Å². The summed E-state index contributed by atoms with van der Waals surface area (Å²) in [5.74, 6) is 1.59. The molecule has 0 aromatic carbocycles. The molecule has 1 aromatic heterocycles. The van der Waals surface area contributed by atoms with Crippen LogP contribution in [0, 0.1) is 0 Å². The molecule has 1 saturated heterocycles. The first-order chi connectivity index (χ1) is 9.50. The Morgan fingerprint density at radius 2 is 2.10 bits per heavy atom. The molecule has 0 radical (unpaired) electrons. The molecule has 1 atom stereocenters. The van der Waals surface area contributed by atoms with Gasteiger partial charge in [-0.25, -0.2) is 9.97 Å². The average Bonchev–Trinajstić information content (AvgIpc) is 2.45. The van der Waals surface area contributed by atoms with Crippen molar-refractivity contribution in [3.63, 3.8) is 0 Å². The number of ether oxygens (including phenoxy) is 2. The summed E-state index contributed by atoms with van der Waals surface area (Å²) in [6, 6.07) is 2.03. The highest BCUT2D eigenvalue weighted by molar-refractivity contribution is 5.38. The van der Waals surface area contributed by atoms with Crippen LogP contribution < -0.4 is 5.32 Å². The summed E-state index contributed by atoms with van der Waals surface area (Å²) in [7, 11) is 0. The Hall–Kier alpha value is -1.20. The van der Waals surface area contributed by atoms with Crippen LogP contribution in [0.4, 0.5) is 5.82 Å². The van der Waals surface area contributed by atoms with Crippen LogP contribution in [0.25, 0.3) is 0 Å². The van der Waals surface area contributed by atoms with Gasteiger partial charge in [0.15, 0.2) is 5.82 Å². The van der Waals surface area contributed by atoms with E-state index < -0.39 is 0 Å². The molecule has 2 rings (SSSR count). The maximum atomic E-state index is 5.71. The summed E-state index contributed by atoms with van der Waals surface area (Å²) in [6.07, 6.45) is 0.904. The van der Waals surface area contributed by atoms with Gasteiger partial charge in [-0.3, -0.25) is 0 Å². The van der Waals surface area contributed by atoms with Gasteiger partial charge in [-0.2, -0.15) is 0 Å². The third-order valence-electron chi connectivity index (χ3n) is 3.17. The van der Waals surface area contributed by atoms with E-state index in [1.165, 1.54) is 0 Å². The third kappa shape index (κ3) is 3.90. The van der Waals surface area contributed by atoms with Gasteiger partial charge < -0.3 is 14.8 Å². The number of hydrogen-bond donors (Lipinski definition) is 1. The van der Waals surface area contributed by atoms with Crippen LogP contribution in [0.15, 0.2) is 6.07 Å². The Bertz CT molecular complexity index is 437. The Balaban J connectivity index is 2.29. The quantitative estimate of drug-likeness (QED) is 0.918. The van der Waals surface area contributed by atoms with Gasteiger partial charge in [0.05, 0.1) is 25.5 Å². The van der Waals surface area contributed by atoms with Crippen molar-refractivity contribution >= 4 is 5.82 Å². The van der Waals surface area contributed by atoms with Crippen LogP contribution in [-0.2, 0) is 14.9 Å². The summed E-state index contributed by atoms with van der Waals surface area (Å²) < 4.78 is 11.2. The SMILES string of the molecule is CCCNc1cc(C(C)(C)C)nc(C2COCCO2)n1. The summed E-state index contributed by atoms with van der Waals surface area (Å²) in [4.78, 5) is 9.26. The molecule has 5 nitrogen and oxygen atoms in total. The van der Waals surface area contributed by atoms with Gasteiger partial charge in [0.25, 0.3) is 0 Å². The maximum absolute atomic E-state index is 5.71. The highest BCUT2D eigenvalue weighted by atomic mass is 16.6. The second-order valence-electron chi connectivity index (χ2n) is 6.11. The number of hydrogen-bond acceptors (Lipinski definition) is 5. The van der Waals surface area contributed by atoms with Crippen LogP contribution in [0.3, 0.4) is 0 Å². The van der Waals surface area contributed by atoms with E-state index in [1.54, 1.807) is 0 Å². The fourth-order valence-electron chi connectivity index (χ4n) is 1.97. The third-order valence-corrected chi connectivity index (χ3v) is 3.17. The standard InChI is InChI=1S/C15H25N3O2/c1-5-6-16-13-9-12(15(2,3)4)17-14(18-13)11-10-19-7-8-20-11/h9,11H,5-8,10H2,1-4H3,(H,16,17,18). The van der Waals surface area contributed by atoms with Crippen LogP contribution in [0.5, 0.6) is 0 Å². The lowest BCUT2D eigenvalue weighted by molar-refractivity contribution is -0.0935. The molecule has 1 aromatic rings. The molecule has 20 heavy (non-hydrogen) atoms. The first-order valence-corrected chi connectivity index (χ1v) is 7.33. The lowest BCUT2D eigenvalue weighted by atomic mass is 9.92. The normalized spacial score (nSPS) is 19.9. The van der Waals surface area contributed by atoms with E-state index in [9.17, 15) is 0 Å². The van der Waals surface area contributed by atoms with Gasteiger partial charge in [0.2, 0.25) is 0 Å². The minimum atomic E-state index is -0.159. The zero-order valence-electron chi connectivity index (χ0n) is 12.9. The average molecular weight is 279 g/mol. The van der Waals surface area contributed by atoms with Crippen molar-refractivity contribution in [1.29, 1.82) is 0 Å². The van der Waals surface area contributed by atoms with Crippen molar-refractivity contribution in [1.82, 2.24) is 9.97 Å². The lowest BCUT2D eigenvalue weighted by Gasteiger charge is -2.25. The summed E-state index contributed by atoms with van der Waals surface area (Å²) in [6.45, 7) is 11.3. The Kier molecular flexibility index (Phi) is 4.94. The van der Waals surface area contributed by atoms with Gasteiger partial charge in [0.1, 0.15) is 11.9 Å². The van der Waals surface area contributed by atoms with E-state index in [1.807, 2.05) is 6.07 Å². The van der Waals surface area contributed by atoms with Crippen LogP contribution in [0.1, 0.15) is 51.7 Å². The molecule has 1 aliphatic rings. The Morgan fingerprint density at radius 1 is 1.30 bits per heavy atom. The van der Waals surface area contributed by atoms with E-state index in [2.05, 4.69) is 43.0 Å². The lowest BCUT2D eigenvalue weighted by Crippen LogP contribution is -2.25. The first kappa shape index (κ1) is 15.2. The van der Waals surface area contributed by atoms with Crippen LogP contribution >= 0.6 is 0 Å². The molecule has 1 fully saturated rings. The molecule has 1 N–H and O–H groups in total. The summed E-state index contributed by atoms with van der Waals surface area (Å²) >= 11 is 0. The van der Waals surface area contributed by atoms with Gasteiger partial charge in [-0.15, -0.1) is 0 Å². The molecule has 5 heteroatoms. The molecule has 0 bridgehead atoms. The molecule has 0 amide bonds. The molecule has 1 unspecified atom stereocenters. The number of rotatable bonds is 4. The van der Waals surface area contributed by atoms with Crippen molar-refractivity contribution in [3.8, 4) is 0 Å². The number of anilines is 1. The van der Waals surface area contributed by atoms with Crippen LogP contribution in [-0.4, -0.2) is 36.3 Å². The monoisotopic (exact) mass is 279 g/mol. The first-order valence-electron chi connectivity index (χ1n) is 7.33. The zero-order valence-corrected chi connectivity index (χ0v) is 12.9. The molecule has 112 valence electrons. The Labute approximate surface area is 121 Å². The summed E-state index contributed by atoms with van der Waals surface area (Å²) in [5, 5.41) is 3.34. The molecule has 2 heterocycles.